The summed E-state index contributed by atoms with van der Waals surface area (Å²) in [5.41, 5.74) is 7.67. The Bertz CT molecular complexity index is 452. The minimum Gasteiger partial charge on any atom is -0.344 e. The second-order valence-electron chi connectivity index (χ2n) is 3.48. The average Bonchev–Trinajstić information content (AvgIpc) is 2.69. The zero-order valence-electron chi connectivity index (χ0n) is 8.78. The summed E-state index contributed by atoms with van der Waals surface area (Å²) in [4.78, 5) is 11.7. The number of pyridine rings is 1. The fraction of sp³-hybridized carbons (Fsp3) is 0.273. The van der Waals surface area contributed by atoms with Crippen molar-refractivity contribution < 1.29 is 0 Å². The fourth-order valence-corrected chi connectivity index (χ4v) is 2.01. The smallest absolute Gasteiger partial charge is 0.127 e. The molecule has 0 aliphatic rings. The number of aromatic amines is 1. The van der Waals surface area contributed by atoms with E-state index in [0.717, 1.165) is 34.7 Å². The third-order valence-electron chi connectivity index (χ3n) is 2.33. The SMILES string of the molecule is NCc1nc(Br)c(CCc2ccccn2)[nH]1. The van der Waals surface area contributed by atoms with Crippen molar-refractivity contribution in [3.8, 4) is 0 Å². The van der Waals surface area contributed by atoms with E-state index in [1.165, 1.54) is 0 Å². The molecule has 0 bridgehead atoms. The van der Waals surface area contributed by atoms with Gasteiger partial charge in [-0.05, 0) is 40.9 Å². The van der Waals surface area contributed by atoms with Gasteiger partial charge in [0.25, 0.3) is 0 Å². The Morgan fingerprint density at radius 3 is 2.81 bits per heavy atom. The second kappa shape index (κ2) is 5.23. The van der Waals surface area contributed by atoms with Gasteiger partial charge < -0.3 is 10.7 Å². The summed E-state index contributed by atoms with van der Waals surface area (Å²) in [5.74, 6) is 0.808. The van der Waals surface area contributed by atoms with Crippen LogP contribution in [0.2, 0.25) is 0 Å². The highest BCUT2D eigenvalue weighted by molar-refractivity contribution is 9.10. The van der Waals surface area contributed by atoms with Gasteiger partial charge >= 0.3 is 0 Å². The van der Waals surface area contributed by atoms with Crippen LogP contribution in [0.1, 0.15) is 17.2 Å². The number of hydrogen-bond donors (Lipinski definition) is 2. The number of imidazole rings is 1. The highest BCUT2D eigenvalue weighted by Gasteiger charge is 2.06. The maximum absolute atomic E-state index is 5.51. The molecule has 2 aromatic heterocycles. The number of rotatable bonds is 4. The van der Waals surface area contributed by atoms with Crippen LogP contribution in [-0.4, -0.2) is 15.0 Å². The van der Waals surface area contributed by atoms with Gasteiger partial charge in [0.2, 0.25) is 0 Å². The predicted octanol–water partition coefficient (Wildman–Crippen LogP) is 1.81. The minimum absolute atomic E-state index is 0.433. The van der Waals surface area contributed by atoms with Crippen LogP contribution < -0.4 is 5.73 Å². The number of nitrogens with zero attached hydrogens (tertiary/aromatic N) is 2. The van der Waals surface area contributed by atoms with Crippen molar-refractivity contribution in [3.63, 3.8) is 0 Å². The molecule has 0 unspecified atom stereocenters. The van der Waals surface area contributed by atoms with Gasteiger partial charge in [0.05, 0.1) is 6.54 Å². The highest BCUT2D eigenvalue weighted by Crippen LogP contribution is 2.15. The lowest BCUT2D eigenvalue weighted by molar-refractivity contribution is 0.870. The van der Waals surface area contributed by atoms with Crippen LogP contribution in [0, 0.1) is 0 Å². The molecule has 84 valence electrons. The molecule has 2 heterocycles. The molecule has 0 aliphatic heterocycles. The molecule has 0 spiro atoms. The molecule has 0 aliphatic carbocycles. The van der Waals surface area contributed by atoms with Crippen molar-refractivity contribution in [1.82, 2.24) is 15.0 Å². The largest absolute Gasteiger partial charge is 0.344 e. The van der Waals surface area contributed by atoms with E-state index in [1.807, 2.05) is 24.4 Å². The Labute approximate surface area is 102 Å². The summed E-state index contributed by atoms with van der Waals surface area (Å²) < 4.78 is 0.851. The maximum atomic E-state index is 5.51. The first-order valence-electron chi connectivity index (χ1n) is 5.13. The van der Waals surface area contributed by atoms with Crippen molar-refractivity contribution in [3.05, 3.63) is 46.2 Å². The molecular weight excluding hydrogens is 268 g/mol. The summed E-state index contributed by atoms with van der Waals surface area (Å²) >= 11 is 3.41. The normalized spacial score (nSPS) is 10.6. The summed E-state index contributed by atoms with van der Waals surface area (Å²) in [6, 6.07) is 5.94. The third kappa shape index (κ3) is 2.68. The number of nitrogens with one attached hydrogen (secondary N) is 1. The fourth-order valence-electron chi connectivity index (χ4n) is 1.50. The number of aryl methyl sites for hydroxylation is 2. The summed E-state index contributed by atoms with van der Waals surface area (Å²) in [6.07, 6.45) is 3.58. The van der Waals surface area contributed by atoms with Crippen LogP contribution in [0.5, 0.6) is 0 Å². The highest BCUT2D eigenvalue weighted by atomic mass is 79.9. The number of aromatic nitrogens is 3. The van der Waals surface area contributed by atoms with E-state index in [-0.39, 0.29) is 0 Å². The number of hydrogen-bond acceptors (Lipinski definition) is 3. The lowest BCUT2D eigenvalue weighted by Gasteiger charge is -1.98. The van der Waals surface area contributed by atoms with Gasteiger partial charge in [-0.1, -0.05) is 6.07 Å². The van der Waals surface area contributed by atoms with E-state index in [1.54, 1.807) is 0 Å². The van der Waals surface area contributed by atoms with Gasteiger partial charge in [0.15, 0.2) is 0 Å². The molecule has 0 fully saturated rings. The Morgan fingerprint density at radius 1 is 1.31 bits per heavy atom. The van der Waals surface area contributed by atoms with Crippen LogP contribution in [0.3, 0.4) is 0 Å². The van der Waals surface area contributed by atoms with Crippen molar-refractivity contribution >= 4 is 15.9 Å². The molecule has 2 rings (SSSR count). The summed E-state index contributed by atoms with van der Waals surface area (Å²) in [5, 5.41) is 0. The third-order valence-corrected chi connectivity index (χ3v) is 2.98. The van der Waals surface area contributed by atoms with Crippen molar-refractivity contribution in [2.75, 3.05) is 0 Å². The Kier molecular flexibility index (Phi) is 3.69. The zero-order chi connectivity index (χ0) is 11.4. The molecule has 3 N–H and O–H groups in total. The molecule has 16 heavy (non-hydrogen) atoms. The van der Waals surface area contributed by atoms with Crippen LogP contribution in [0.25, 0.3) is 0 Å². The number of nitrogens with two attached hydrogens (primary N) is 1. The van der Waals surface area contributed by atoms with Gasteiger partial charge in [0, 0.05) is 17.6 Å². The van der Waals surface area contributed by atoms with Crippen molar-refractivity contribution in [2.24, 2.45) is 5.73 Å². The first-order valence-corrected chi connectivity index (χ1v) is 5.92. The standard InChI is InChI=1S/C11H13BrN4/c12-11-9(15-10(7-13)16-11)5-4-8-3-1-2-6-14-8/h1-3,6H,4-5,7,13H2,(H,15,16). The molecule has 4 nitrogen and oxygen atoms in total. The molecule has 2 aromatic rings. The topological polar surface area (TPSA) is 67.6 Å². The molecule has 0 aromatic carbocycles. The van der Waals surface area contributed by atoms with Crippen molar-refractivity contribution in [1.29, 1.82) is 0 Å². The van der Waals surface area contributed by atoms with E-state index in [2.05, 4.69) is 30.9 Å². The zero-order valence-corrected chi connectivity index (χ0v) is 10.4. The summed E-state index contributed by atoms with van der Waals surface area (Å²) in [6.45, 7) is 0.433. The van der Waals surface area contributed by atoms with E-state index in [4.69, 9.17) is 5.73 Å². The predicted molar refractivity (Wildman–Crippen MR) is 65.8 cm³/mol. The molecule has 0 atom stereocenters. The van der Waals surface area contributed by atoms with E-state index in [9.17, 15) is 0 Å². The number of halogens is 1. The van der Waals surface area contributed by atoms with Crippen LogP contribution in [-0.2, 0) is 19.4 Å². The Morgan fingerprint density at radius 2 is 2.19 bits per heavy atom. The first kappa shape index (κ1) is 11.3. The van der Waals surface area contributed by atoms with Gasteiger partial charge in [-0.25, -0.2) is 4.98 Å². The first-order chi connectivity index (χ1) is 7.79. The van der Waals surface area contributed by atoms with E-state index >= 15 is 0 Å². The molecular formula is C11H13BrN4. The summed E-state index contributed by atoms with van der Waals surface area (Å²) in [7, 11) is 0. The Hall–Kier alpha value is -1.20. The van der Waals surface area contributed by atoms with E-state index in [0.29, 0.717) is 6.54 Å². The molecule has 0 saturated carbocycles. The molecule has 0 saturated heterocycles. The molecule has 0 amide bonds. The maximum Gasteiger partial charge on any atom is 0.127 e. The van der Waals surface area contributed by atoms with Crippen molar-refractivity contribution in [2.45, 2.75) is 19.4 Å². The van der Waals surface area contributed by atoms with Crippen LogP contribution in [0.4, 0.5) is 0 Å². The minimum atomic E-state index is 0.433. The van der Waals surface area contributed by atoms with Gasteiger partial charge in [-0.3, -0.25) is 4.98 Å². The number of H-pyrrole nitrogens is 1. The van der Waals surface area contributed by atoms with Gasteiger partial charge in [-0.2, -0.15) is 0 Å². The lowest BCUT2D eigenvalue weighted by atomic mass is 10.2. The molecule has 5 heteroatoms. The van der Waals surface area contributed by atoms with E-state index < -0.39 is 0 Å². The van der Waals surface area contributed by atoms with Gasteiger partial charge in [0.1, 0.15) is 10.4 Å². The quantitative estimate of drug-likeness (QED) is 0.898. The second-order valence-corrected chi connectivity index (χ2v) is 4.23. The van der Waals surface area contributed by atoms with Crippen LogP contribution >= 0.6 is 15.9 Å². The van der Waals surface area contributed by atoms with Gasteiger partial charge in [-0.15, -0.1) is 0 Å². The molecule has 0 radical (unpaired) electrons. The average molecular weight is 281 g/mol. The Balaban J connectivity index is 2.02. The lowest BCUT2D eigenvalue weighted by Crippen LogP contribution is -1.99. The van der Waals surface area contributed by atoms with Crippen LogP contribution in [0.15, 0.2) is 29.0 Å². The monoisotopic (exact) mass is 280 g/mol.